The molecule has 0 heterocycles. The lowest BCUT2D eigenvalue weighted by Gasteiger charge is -2.18. The van der Waals surface area contributed by atoms with E-state index < -0.39 is 5.79 Å². The van der Waals surface area contributed by atoms with Gasteiger partial charge in [0.25, 0.3) is 0 Å². The van der Waals surface area contributed by atoms with Gasteiger partial charge >= 0.3 is 0 Å². The number of nitrogens with two attached hydrogens (primary N) is 5. The zero-order valence-corrected chi connectivity index (χ0v) is 5.38. The van der Waals surface area contributed by atoms with Crippen molar-refractivity contribution in [2.45, 2.75) is 24.8 Å². The quantitative estimate of drug-likeness (QED) is 0.272. The van der Waals surface area contributed by atoms with Gasteiger partial charge in [-0.3, -0.25) is 0 Å². The van der Waals surface area contributed by atoms with Gasteiger partial charge in [-0.15, -0.1) is 0 Å². The van der Waals surface area contributed by atoms with Crippen molar-refractivity contribution < 1.29 is 0 Å². The Hall–Kier alpha value is -0.200. The lowest BCUT2D eigenvalue weighted by Crippen LogP contribution is -2.58. The maximum Gasteiger partial charge on any atom is 0.115 e. The van der Waals surface area contributed by atoms with Crippen molar-refractivity contribution in [2.24, 2.45) is 28.7 Å². The molecule has 5 nitrogen and oxygen atoms in total. The van der Waals surface area contributed by atoms with Crippen LogP contribution in [0, 0.1) is 0 Å². The van der Waals surface area contributed by atoms with Crippen LogP contribution in [0.15, 0.2) is 0 Å². The fraction of sp³-hybridized carbons (Fsp3) is 1.00. The predicted octanol–water partition coefficient (Wildman–Crippen LogP) is -2.46. The molecule has 5 heteroatoms. The molecule has 0 fully saturated rings. The van der Waals surface area contributed by atoms with Gasteiger partial charge in [0.2, 0.25) is 0 Å². The molecule has 0 aliphatic rings. The molecule has 0 aromatic carbocycles. The Morgan fingerprint density at radius 3 is 1.67 bits per heavy atom. The summed E-state index contributed by atoms with van der Waals surface area (Å²) >= 11 is 0. The first-order valence-electron chi connectivity index (χ1n) is 2.79. The van der Waals surface area contributed by atoms with Crippen molar-refractivity contribution in [3.63, 3.8) is 0 Å². The Labute approximate surface area is 54.5 Å². The van der Waals surface area contributed by atoms with Crippen LogP contribution < -0.4 is 28.7 Å². The molecular formula is C4H15N5. The minimum Gasteiger partial charge on any atom is -0.316 e. The molecule has 0 aliphatic carbocycles. The lowest BCUT2D eigenvalue weighted by atomic mass is 10.2. The van der Waals surface area contributed by atoms with Gasteiger partial charge in [0.15, 0.2) is 0 Å². The fourth-order valence-corrected chi connectivity index (χ4v) is 0.417. The average Bonchev–Trinajstić information content (AvgIpc) is 1.59. The van der Waals surface area contributed by atoms with Crippen molar-refractivity contribution in [3.05, 3.63) is 0 Å². The maximum absolute atomic E-state index is 5.23. The monoisotopic (exact) mass is 133 g/mol. The third-order valence-corrected chi connectivity index (χ3v) is 0.911. The molecule has 0 saturated heterocycles. The van der Waals surface area contributed by atoms with Crippen LogP contribution in [-0.2, 0) is 0 Å². The van der Waals surface area contributed by atoms with Gasteiger partial charge in [-0.1, -0.05) is 0 Å². The van der Waals surface area contributed by atoms with E-state index in [2.05, 4.69) is 0 Å². The second kappa shape index (κ2) is 3.09. The number of hydrogen-bond donors (Lipinski definition) is 5. The van der Waals surface area contributed by atoms with Crippen LogP contribution in [0.5, 0.6) is 0 Å². The fourth-order valence-electron chi connectivity index (χ4n) is 0.417. The highest BCUT2D eigenvalue weighted by Gasteiger charge is 2.11. The molecule has 0 aromatic rings. The third-order valence-electron chi connectivity index (χ3n) is 0.911. The molecule has 0 spiro atoms. The summed E-state index contributed by atoms with van der Waals surface area (Å²) in [4.78, 5) is 0. The molecule has 0 amide bonds. The summed E-state index contributed by atoms with van der Waals surface area (Å²) in [5.41, 5.74) is 26.1. The Morgan fingerprint density at radius 2 is 1.56 bits per heavy atom. The van der Waals surface area contributed by atoms with Gasteiger partial charge in [0.05, 0.1) is 6.17 Å². The lowest BCUT2D eigenvalue weighted by molar-refractivity contribution is 0.392. The van der Waals surface area contributed by atoms with Crippen molar-refractivity contribution in [1.29, 1.82) is 0 Å². The van der Waals surface area contributed by atoms with E-state index in [9.17, 15) is 0 Å². The number of hydrogen-bond acceptors (Lipinski definition) is 5. The molecule has 0 radical (unpaired) electrons. The van der Waals surface area contributed by atoms with Crippen molar-refractivity contribution in [2.75, 3.05) is 0 Å². The molecule has 10 N–H and O–H groups in total. The highest BCUT2D eigenvalue weighted by Crippen LogP contribution is 1.94. The van der Waals surface area contributed by atoms with Crippen molar-refractivity contribution >= 4 is 0 Å². The summed E-state index contributed by atoms with van der Waals surface area (Å²) in [6.45, 7) is 0. The Morgan fingerprint density at radius 1 is 1.11 bits per heavy atom. The standard InChI is InChI=1S/C4H15N5/c5-3(6)1-2-4(7,8)9/h3H,1-2,5-9H2. The largest absolute Gasteiger partial charge is 0.316 e. The van der Waals surface area contributed by atoms with E-state index >= 15 is 0 Å². The summed E-state index contributed by atoms with van der Waals surface area (Å²) in [5.74, 6) is -1.13. The first-order valence-corrected chi connectivity index (χ1v) is 2.79. The summed E-state index contributed by atoms with van der Waals surface area (Å²) in [5, 5.41) is 0. The van der Waals surface area contributed by atoms with Gasteiger partial charge in [0, 0.05) is 0 Å². The van der Waals surface area contributed by atoms with Crippen LogP contribution in [0.25, 0.3) is 0 Å². The number of rotatable bonds is 3. The summed E-state index contributed by atoms with van der Waals surface area (Å²) < 4.78 is 0. The highest BCUT2D eigenvalue weighted by atomic mass is 15.1. The second-order valence-electron chi connectivity index (χ2n) is 2.31. The normalized spacial score (nSPS) is 12.7. The van der Waals surface area contributed by atoms with E-state index in [1.54, 1.807) is 0 Å². The van der Waals surface area contributed by atoms with Gasteiger partial charge in [-0.2, -0.15) is 0 Å². The molecule has 0 unspecified atom stereocenters. The first kappa shape index (κ1) is 8.80. The van der Waals surface area contributed by atoms with Crippen LogP contribution in [0.3, 0.4) is 0 Å². The van der Waals surface area contributed by atoms with E-state index in [0.29, 0.717) is 12.8 Å². The summed E-state index contributed by atoms with van der Waals surface area (Å²) in [6.07, 6.45) is 0.605. The molecule has 0 atom stereocenters. The minimum absolute atomic E-state index is 0.375. The molecule has 0 saturated carbocycles. The van der Waals surface area contributed by atoms with Crippen molar-refractivity contribution in [1.82, 2.24) is 0 Å². The summed E-state index contributed by atoms with van der Waals surface area (Å²) in [7, 11) is 0. The maximum atomic E-state index is 5.23. The van der Waals surface area contributed by atoms with E-state index in [0.717, 1.165) is 0 Å². The first-order chi connectivity index (χ1) is 3.92. The van der Waals surface area contributed by atoms with Gasteiger partial charge < -0.3 is 28.7 Å². The zero-order chi connectivity index (χ0) is 7.49. The smallest absolute Gasteiger partial charge is 0.115 e. The van der Waals surface area contributed by atoms with Gasteiger partial charge in [-0.05, 0) is 12.8 Å². The van der Waals surface area contributed by atoms with E-state index in [4.69, 9.17) is 28.7 Å². The Bertz CT molecular complexity index is 73.5. The third kappa shape index (κ3) is 7.80. The van der Waals surface area contributed by atoms with Crippen LogP contribution >= 0.6 is 0 Å². The Balaban J connectivity index is 3.28. The molecule has 56 valence electrons. The highest BCUT2D eigenvalue weighted by molar-refractivity contribution is 4.69. The van der Waals surface area contributed by atoms with Gasteiger partial charge in [0.1, 0.15) is 5.79 Å². The summed E-state index contributed by atoms with van der Waals surface area (Å²) in [6, 6.07) is 0. The Kier molecular flexibility index (Phi) is 3.02. The van der Waals surface area contributed by atoms with Crippen LogP contribution in [0.2, 0.25) is 0 Å². The van der Waals surface area contributed by atoms with E-state index in [1.807, 2.05) is 0 Å². The minimum atomic E-state index is -1.13. The molecular weight excluding hydrogens is 118 g/mol. The topological polar surface area (TPSA) is 130 Å². The predicted molar refractivity (Wildman–Crippen MR) is 36.7 cm³/mol. The van der Waals surface area contributed by atoms with E-state index in [1.165, 1.54) is 0 Å². The molecule has 0 aliphatic heterocycles. The molecule has 0 bridgehead atoms. The second-order valence-corrected chi connectivity index (χ2v) is 2.31. The average molecular weight is 133 g/mol. The van der Waals surface area contributed by atoms with E-state index in [-0.39, 0.29) is 6.17 Å². The SMILES string of the molecule is NC(N)CCC(N)(N)N. The van der Waals surface area contributed by atoms with Crippen LogP contribution in [0.1, 0.15) is 12.8 Å². The van der Waals surface area contributed by atoms with Crippen LogP contribution in [0.4, 0.5) is 0 Å². The molecule has 9 heavy (non-hydrogen) atoms. The molecule has 0 rings (SSSR count). The van der Waals surface area contributed by atoms with Gasteiger partial charge in [-0.25, -0.2) is 0 Å². The zero-order valence-electron chi connectivity index (χ0n) is 5.38. The molecule has 0 aromatic heterocycles. The van der Waals surface area contributed by atoms with Crippen molar-refractivity contribution in [3.8, 4) is 0 Å². The van der Waals surface area contributed by atoms with Crippen LogP contribution in [-0.4, -0.2) is 12.0 Å².